The smallest absolute Gasteiger partial charge is 0.156 e. The largest absolute Gasteiger partial charge is 0.394 e. The minimum absolute atomic E-state index is 0. The molecule has 2 aliphatic heterocycles. The summed E-state index contributed by atoms with van der Waals surface area (Å²) in [6.45, 7) is 4.79. The van der Waals surface area contributed by atoms with Crippen molar-refractivity contribution in [2.45, 2.75) is 18.9 Å². The summed E-state index contributed by atoms with van der Waals surface area (Å²) in [6, 6.07) is 8.13. The molecule has 0 saturated carbocycles. The van der Waals surface area contributed by atoms with Gasteiger partial charge in [-0.1, -0.05) is 6.07 Å². The number of hydrogen-bond donors (Lipinski definition) is 2. The quantitative estimate of drug-likeness (QED) is 0.402. The van der Waals surface area contributed by atoms with Gasteiger partial charge in [-0.2, -0.15) is 5.10 Å². The summed E-state index contributed by atoms with van der Waals surface area (Å²) in [5.74, 6) is 2.50. The van der Waals surface area contributed by atoms with Gasteiger partial charge in [-0.3, -0.25) is 9.97 Å². The molecule has 6 rings (SSSR count). The SMILES string of the molecule is Cl.Cl.OC[C@@H]1CCCN1c1cncc(-c2cc3c(cn2)cnn3-c2cccc(N3CCNCC3)n2)n1. The highest BCUT2D eigenvalue weighted by Crippen LogP contribution is 2.27. The Kier molecular flexibility index (Phi) is 8.20. The van der Waals surface area contributed by atoms with Crippen LogP contribution in [-0.4, -0.2) is 80.2 Å². The maximum Gasteiger partial charge on any atom is 0.156 e. The molecule has 2 N–H and O–H groups in total. The number of fused-ring (bicyclic) bond motifs is 1. The van der Waals surface area contributed by atoms with Crippen molar-refractivity contribution in [3.63, 3.8) is 0 Å². The van der Waals surface area contributed by atoms with Gasteiger partial charge in [-0.15, -0.1) is 24.8 Å². The number of anilines is 2. The summed E-state index contributed by atoms with van der Waals surface area (Å²) < 4.78 is 1.85. The lowest BCUT2D eigenvalue weighted by Gasteiger charge is -2.28. The van der Waals surface area contributed by atoms with Gasteiger partial charge in [-0.05, 0) is 31.0 Å². The Morgan fingerprint density at radius 2 is 1.75 bits per heavy atom. The molecule has 36 heavy (non-hydrogen) atoms. The number of hydrogen-bond acceptors (Lipinski definition) is 9. The fourth-order valence-corrected chi connectivity index (χ4v) is 4.79. The van der Waals surface area contributed by atoms with Crippen molar-refractivity contribution in [3.8, 4) is 17.2 Å². The van der Waals surface area contributed by atoms with Crippen LogP contribution in [0.5, 0.6) is 0 Å². The Morgan fingerprint density at radius 1 is 0.917 bits per heavy atom. The lowest BCUT2D eigenvalue weighted by Crippen LogP contribution is -2.43. The number of nitrogens with zero attached hydrogens (tertiary/aromatic N) is 8. The molecule has 1 atom stereocenters. The van der Waals surface area contributed by atoms with E-state index in [9.17, 15) is 5.11 Å². The van der Waals surface area contributed by atoms with Crippen LogP contribution in [0.25, 0.3) is 28.1 Å². The number of halogens is 2. The number of nitrogens with one attached hydrogen (secondary N) is 1. The minimum atomic E-state index is 0. The van der Waals surface area contributed by atoms with Gasteiger partial charge in [0.25, 0.3) is 0 Å². The van der Waals surface area contributed by atoms with Gasteiger partial charge in [0.1, 0.15) is 17.3 Å². The third kappa shape index (κ3) is 4.94. The first kappa shape index (κ1) is 26.0. The molecule has 2 aliphatic rings. The highest BCUT2D eigenvalue weighted by molar-refractivity contribution is 5.85. The van der Waals surface area contributed by atoms with E-state index in [1.54, 1.807) is 12.4 Å². The summed E-state index contributed by atoms with van der Waals surface area (Å²) in [4.78, 5) is 23.2. The molecule has 0 spiro atoms. The van der Waals surface area contributed by atoms with Crippen LogP contribution in [0.15, 0.2) is 49.1 Å². The molecule has 0 aliphatic carbocycles. The van der Waals surface area contributed by atoms with E-state index in [1.807, 2.05) is 41.3 Å². The predicted molar refractivity (Wildman–Crippen MR) is 145 cm³/mol. The molecular formula is C24H29Cl2N9O. The van der Waals surface area contributed by atoms with Crippen LogP contribution in [-0.2, 0) is 0 Å². The Bertz CT molecular complexity index is 1310. The molecule has 10 nitrogen and oxygen atoms in total. The van der Waals surface area contributed by atoms with E-state index in [4.69, 9.17) is 9.97 Å². The summed E-state index contributed by atoms with van der Waals surface area (Å²) in [5.41, 5.74) is 2.33. The van der Waals surface area contributed by atoms with Gasteiger partial charge in [-0.25, -0.2) is 14.6 Å². The normalized spacial score (nSPS) is 17.6. The molecule has 4 aromatic heterocycles. The van der Waals surface area contributed by atoms with Gasteiger partial charge in [0.2, 0.25) is 0 Å². The van der Waals surface area contributed by atoms with Gasteiger partial charge in [0, 0.05) is 44.3 Å². The number of aromatic nitrogens is 6. The van der Waals surface area contributed by atoms with Gasteiger partial charge in [0.05, 0.1) is 42.4 Å². The zero-order chi connectivity index (χ0) is 22.9. The number of aliphatic hydroxyl groups is 1. The molecule has 190 valence electrons. The van der Waals surface area contributed by atoms with Crippen molar-refractivity contribution < 1.29 is 5.11 Å². The maximum absolute atomic E-state index is 9.70. The zero-order valence-electron chi connectivity index (χ0n) is 19.7. The van der Waals surface area contributed by atoms with Crippen molar-refractivity contribution in [2.75, 3.05) is 49.1 Å². The van der Waals surface area contributed by atoms with E-state index in [0.717, 1.165) is 79.6 Å². The van der Waals surface area contributed by atoms with Gasteiger partial charge in [0.15, 0.2) is 5.82 Å². The first-order valence-electron chi connectivity index (χ1n) is 11.8. The average molecular weight is 530 g/mol. The highest BCUT2D eigenvalue weighted by Gasteiger charge is 2.25. The van der Waals surface area contributed by atoms with Crippen LogP contribution in [0.3, 0.4) is 0 Å². The van der Waals surface area contributed by atoms with E-state index in [1.165, 1.54) is 0 Å². The van der Waals surface area contributed by atoms with Crippen molar-refractivity contribution in [1.82, 2.24) is 35.0 Å². The highest BCUT2D eigenvalue weighted by atomic mass is 35.5. The fourth-order valence-electron chi connectivity index (χ4n) is 4.79. The van der Waals surface area contributed by atoms with E-state index in [0.29, 0.717) is 5.69 Å². The predicted octanol–water partition coefficient (Wildman–Crippen LogP) is 2.49. The van der Waals surface area contributed by atoms with E-state index < -0.39 is 0 Å². The first-order valence-corrected chi connectivity index (χ1v) is 11.8. The standard InChI is InChI=1S/C24H27N9O.2ClH/c34-16-18-3-2-8-32(18)24-15-26-14-20(29-24)19-11-21-17(12-27-19)13-28-33(21)23-5-1-4-22(30-23)31-9-6-25-7-10-31;;/h1,4-5,11-15,18,25,34H,2-3,6-10,16H2;2*1H/t18-;;/m0../s1. The van der Waals surface area contributed by atoms with Crippen LogP contribution in [0.2, 0.25) is 0 Å². The van der Waals surface area contributed by atoms with Crippen molar-refractivity contribution in [1.29, 1.82) is 0 Å². The van der Waals surface area contributed by atoms with Gasteiger partial charge < -0.3 is 20.2 Å². The molecule has 6 heterocycles. The Balaban J connectivity index is 0.00000152. The monoisotopic (exact) mass is 529 g/mol. The summed E-state index contributed by atoms with van der Waals surface area (Å²) in [7, 11) is 0. The number of aliphatic hydroxyl groups excluding tert-OH is 1. The summed E-state index contributed by atoms with van der Waals surface area (Å²) in [6.07, 6.45) is 9.11. The second kappa shape index (κ2) is 11.3. The van der Waals surface area contributed by atoms with Crippen molar-refractivity contribution in [2.24, 2.45) is 0 Å². The number of piperazine rings is 1. The van der Waals surface area contributed by atoms with Crippen LogP contribution < -0.4 is 15.1 Å². The maximum atomic E-state index is 9.70. The topological polar surface area (TPSA) is 108 Å². The minimum Gasteiger partial charge on any atom is -0.394 e. The lowest BCUT2D eigenvalue weighted by atomic mass is 10.2. The molecule has 12 heteroatoms. The zero-order valence-corrected chi connectivity index (χ0v) is 21.3. The van der Waals surface area contributed by atoms with E-state index in [-0.39, 0.29) is 37.5 Å². The fraction of sp³-hybridized carbons (Fsp3) is 0.375. The Morgan fingerprint density at radius 3 is 2.58 bits per heavy atom. The molecule has 0 amide bonds. The third-order valence-electron chi connectivity index (χ3n) is 6.60. The average Bonchev–Trinajstić information content (AvgIpc) is 3.56. The molecule has 0 aromatic carbocycles. The molecule has 2 fully saturated rings. The molecule has 2 saturated heterocycles. The Hall–Kier alpha value is -3.05. The molecule has 4 aromatic rings. The lowest BCUT2D eigenvalue weighted by molar-refractivity contribution is 0.266. The molecule has 0 bridgehead atoms. The van der Waals surface area contributed by atoms with Crippen molar-refractivity contribution >= 4 is 47.4 Å². The van der Waals surface area contributed by atoms with E-state index >= 15 is 0 Å². The molecule has 0 unspecified atom stereocenters. The Labute approximate surface area is 221 Å². The second-order valence-electron chi connectivity index (χ2n) is 8.71. The van der Waals surface area contributed by atoms with Crippen molar-refractivity contribution in [3.05, 3.63) is 49.1 Å². The van der Waals surface area contributed by atoms with Crippen LogP contribution in [0.1, 0.15) is 12.8 Å². The number of rotatable bonds is 5. The second-order valence-corrected chi connectivity index (χ2v) is 8.71. The number of pyridine rings is 2. The molecule has 0 radical (unpaired) electrons. The molecular weight excluding hydrogens is 501 g/mol. The third-order valence-corrected chi connectivity index (χ3v) is 6.60. The van der Waals surface area contributed by atoms with Crippen LogP contribution >= 0.6 is 24.8 Å². The first-order chi connectivity index (χ1) is 16.8. The van der Waals surface area contributed by atoms with Gasteiger partial charge >= 0.3 is 0 Å². The van der Waals surface area contributed by atoms with Crippen LogP contribution in [0.4, 0.5) is 11.6 Å². The van der Waals surface area contributed by atoms with E-state index in [2.05, 4.69) is 30.2 Å². The van der Waals surface area contributed by atoms with Crippen LogP contribution in [0, 0.1) is 0 Å². The summed E-state index contributed by atoms with van der Waals surface area (Å²) >= 11 is 0. The summed E-state index contributed by atoms with van der Waals surface area (Å²) in [5, 5.41) is 18.6.